The number of allylic oxidation sites excluding steroid dienone is 2. The Bertz CT molecular complexity index is 1030. The number of aryl methyl sites for hydroxylation is 2. The molecule has 0 fully saturated rings. The van der Waals surface area contributed by atoms with Crippen LogP contribution in [0.1, 0.15) is 53.4 Å². The van der Waals surface area contributed by atoms with Crippen molar-refractivity contribution < 1.29 is 0 Å². The molecule has 1 aliphatic rings. The van der Waals surface area contributed by atoms with Crippen LogP contribution in [0.5, 0.6) is 0 Å². The number of hydrogen-bond donors (Lipinski definition) is 0. The van der Waals surface area contributed by atoms with Gasteiger partial charge in [-0.25, -0.2) is 9.97 Å². The summed E-state index contributed by atoms with van der Waals surface area (Å²) >= 11 is 0. The van der Waals surface area contributed by atoms with Crippen molar-refractivity contribution in [3.05, 3.63) is 70.3 Å². The summed E-state index contributed by atoms with van der Waals surface area (Å²) in [4.78, 5) is 13.3. The number of benzene rings is 1. The van der Waals surface area contributed by atoms with Crippen LogP contribution < -0.4 is 0 Å². The van der Waals surface area contributed by atoms with Crippen LogP contribution in [0.2, 0.25) is 0 Å². The molecule has 2 aromatic heterocycles. The maximum Gasteiger partial charge on any atom is 0.105 e. The molecule has 27 heavy (non-hydrogen) atoms. The summed E-state index contributed by atoms with van der Waals surface area (Å²) in [6.07, 6.45) is 5.01. The summed E-state index contributed by atoms with van der Waals surface area (Å²) in [5.41, 5.74) is 8.50. The van der Waals surface area contributed by atoms with Crippen molar-refractivity contribution in [1.82, 2.24) is 19.1 Å². The summed E-state index contributed by atoms with van der Waals surface area (Å²) in [6, 6.07) is 6.50. The van der Waals surface area contributed by atoms with Crippen LogP contribution in [0, 0.1) is 13.8 Å². The first kappa shape index (κ1) is 17.5. The molecule has 1 aromatic carbocycles. The summed E-state index contributed by atoms with van der Waals surface area (Å²) in [7, 11) is 4.14. The molecule has 0 bridgehead atoms. The highest BCUT2D eigenvalue weighted by Gasteiger charge is 2.27. The summed E-state index contributed by atoms with van der Waals surface area (Å²) in [6.45, 7) is 10.00. The van der Waals surface area contributed by atoms with Gasteiger partial charge in [-0.2, -0.15) is 0 Å². The first-order valence-electron chi connectivity index (χ1n) is 9.18. The van der Waals surface area contributed by atoms with Crippen molar-refractivity contribution in [2.45, 2.75) is 33.1 Å². The molecule has 0 saturated carbocycles. The number of aromatic nitrogens is 4. The monoisotopic (exact) mass is 359 g/mol. The molecular formula is C22H25N5. The Kier molecular flexibility index (Phi) is 4.10. The van der Waals surface area contributed by atoms with E-state index in [2.05, 4.69) is 70.0 Å². The molecule has 5 nitrogen and oxygen atoms in total. The zero-order valence-electron chi connectivity index (χ0n) is 16.6. The lowest BCUT2D eigenvalue weighted by Gasteiger charge is -2.20. The fourth-order valence-electron chi connectivity index (χ4n) is 3.73. The van der Waals surface area contributed by atoms with Crippen LogP contribution in [0.15, 0.2) is 41.2 Å². The van der Waals surface area contributed by atoms with Crippen molar-refractivity contribution in [3.63, 3.8) is 0 Å². The third kappa shape index (κ3) is 2.83. The molecular weight excluding hydrogens is 334 g/mol. The van der Waals surface area contributed by atoms with Crippen LogP contribution in [0.4, 0.5) is 5.69 Å². The van der Waals surface area contributed by atoms with E-state index in [0.717, 1.165) is 35.1 Å². The van der Waals surface area contributed by atoms with Gasteiger partial charge in [0.25, 0.3) is 0 Å². The second kappa shape index (κ2) is 6.34. The van der Waals surface area contributed by atoms with Crippen LogP contribution in [0.25, 0.3) is 5.57 Å². The molecule has 0 unspecified atom stereocenters. The molecule has 4 rings (SSSR count). The van der Waals surface area contributed by atoms with Crippen LogP contribution in [0.3, 0.4) is 0 Å². The Morgan fingerprint density at radius 3 is 1.96 bits per heavy atom. The van der Waals surface area contributed by atoms with E-state index in [4.69, 9.17) is 0 Å². The first-order valence-corrected chi connectivity index (χ1v) is 9.18. The minimum atomic E-state index is 0.0553. The maximum absolute atomic E-state index is 4.54. The van der Waals surface area contributed by atoms with Crippen molar-refractivity contribution >= 4 is 18.0 Å². The summed E-state index contributed by atoms with van der Waals surface area (Å²) in [5.74, 6) is 2.05. The van der Waals surface area contributed by atoms with Crippen LogP contribution in [-0.4, -0.2) is 25.8 Å². The zero-order valence-corrected chi connectivity index (χ0v) is 16.6. The van der Waals surface area contributed by atoms with Gasteiger partial charge in [0, 0.05) is 32.1 Å². The fourth-order valence-corrected chi connectivity index (χ4v) is 3.73. The van der Waals surface area contributed by atoms with Gasteiger partial charge in [-0.1, -0.05) is 11.6 Å². The van der Waals surface area contributed by atoms with Crippen LogP contribution in [-0.2, 0) is 14.1 Å². The number of aliphatic imine (C=N–C) groups is 1. The Labute approximate surface area is 160 Å². The SMILES string of the molecule is C=Nc1ccc(C(c2cnc(C)n2C)c2cnc(C)n2C)cc1C1=C(C)C1. The van der Waals surface area contributed by atoms with Gasteiger partial charge in [0.1, 0.15) is 11.6 Å². The Morgan fingerprint density at radius 2 is 1.56 bits per heavy atom. The maximum atomic E-state index is 4.54. The molecule has 3 aromatic rings. The predicted molar refractivity (Wildman–Crippen MR) is 110 cm³/mol. The molecule has 5 heteroatoms. The van der Waals surface area contributed by atoms with E-state index in [1.165, 1.54) is 22.3 Å². The van der Waals surface area contributed by atoms with Gasteiger partial charge in [0.15, 0.2) is 0 Å². The van der Waals surface area contributed by atoms with Gasteiger partial charge in [0.2, 0.25) is 0 Å². The Morgan fingerprint density at radius 1 is 1.00 bits per heavy atom. The van der Waals surface area contributed by atoms with Crippen molar-refractivity contribution in [2.24, 2.45) is 19.1 Å². The molecule has 0 saturated heterocycles. The molecule has 1 aliphatic carbocycles. The number of hydrogen-bond acceptors (Lipinski definition) is 3. The highest BCUT2D eigenvalue weighted by atomic mass is 15.1. The third-order valence-electron chi connectivity index (χ3n) is 5.79. The second-order valence-electron chi connectivity index (χ2n) is 7.38. The van der Waals surface area contributed by atoms with Crippen molar-refractivity contribution in [2.75, 3.05) is 0 Å². The average molecular weight is 359 g/mol. The molecule has 138 valence electrons. The largest absolute Gasteiger partial charge is 0.334 e. The average Bonchev–Trinajstić information content (AvgIpc) is 3.19. The van der Waals surface area contributed by atoms with Gasteiger partial charge < -0.3 is 9.13 Å². The number of rotatable bonds is 5. The highest BCUT2D eigenvalue weighted by Crippen LogP contribution is 2.45. The van der Waals surface area contributed by atoms with E-state index in [1.54, 1.807) is 0 Å². The zero-order chi connectivity index (χ0) is 19.3. The Hall–Kier alpha value is -2.95. The van der Waals surface area contributed by atoms with Gasteiger partial charge in [-0.05, 0) is 57.2 Å². The van der Waals surface area contributed by atoms with Gasteiger partial charge >= 0.3 is 0 Å². The van der Waals surface area contributed by atoms with Crippen molar-refractivity contribution in [3.8, 4) is 0 Å². The van der Waals surface area contributed by atoms with Gasteiger partial charge in [-0.15, -0.1) is 0 Å². The van der Waals surface area contributed by atoms with Crippen molar-refractivity contribution in [1.29, 1.82) is 0 Å². The van der Waals surface area contributed by atoms with E-state index in [9.17, 15) is 0 Å². The lowest BCUT2D eigenvalue weighted by molar-refractivity contribution is 0.713. The summed E-state index contributed by atoms with van der Waals surface area (Å²) < 4.78 is 4.32. The smallest absolute Gasteiger partial charge is 0.105 e. The van der Waals surface area contributed by atoms with E-state index in [1.807, 2.05) is 26.2 Å². The quantitative estimate of drug-likeness (QED) is 0.632. The molecule has 0 N–H and O–H groups in total. The topological polar surface area (TPSA) is 48.0 Å². The molecule has 0 spiro atoms. The van der Waals surface area contributed by atoms with Gasteiger partial charge in [-0.3, -0.25) is 4.99 Å². The predicted octanol–water partition coefficient (Wildman–Crippen LogP) is 4.46. The second-order valence-corrected chi connectivity index (χ2v) is 7.38. The first-order chi connectivity index (χ1) is 12.9. The van der Waals surface area contributed by atoms with E-state index < -0.39 is 0 Å². The molecule has 0 amide bonds. The Balaban J connectivity index is 1.93. The normalized spacial score (nSPS) is 13.6. The minimum absolute atomic E-state index is 0.0553. The highest BCUT2D eigenvalue weighted by molar-refractivity contribution is 5.88. The standard InChI is InChI=1S/C22H25N5/c1-13-9-17(13)18-10-16(7-8-19(18)23-4)22(20-11-24-14(2)26(20)5)21-12-25-15(3)27(21)6/h7-8,10-12,22H,4,9H2,1-3,5-6H3. The minimum Gasteiger partial charge on any atom is -0.334 e. The molecule has 0 radical (unpaired) electrons. The summed E-state index contributed by atoms with van der Waals surface area (Å²) in [5, 5.41) is 0. The lowest BCUT2D eigenvalue weighted by Crippen LogP contribution is -2.13. The third-order valence-corrected chi connectivity index (χ3v) is 5.79. The lowest BCUT2D eigenvalue weighted by atomic mass is 9.90. The van der Waals surface area contributed by atoms with Crippen LogP contribution >= 0.6 is 0 Å². The van der Waals surface area contributed by atoms with E-state index in [0.29, 0.717) is 0 Å². The number of imidazole rings is 2. The molecule has 2 heterocycles. The van der Waals surface area contributed by atoms with E-state index in [-0.39, 0.29) is 5.92 Å². The molecule has 0 aliphatic heterocycles. The van der Waals surface area contributed by atoms with E-state index >= 15 is 0 Å². The molecule has 0 atom stereocenters. The van der Waals surface area contributed by atoms with Gasteiger partial charge in [0.05, 0.1) is 23.0 Å². The fraction of sp³-hybridized carbons (Fsp3) is 0.318. The number of nitrogens with zero attached hydrogens (tertiary/aromatic N) is 5.